The Bertz CT molecular complexity index is 509. The predicted octanol–water partition coefficient (Wildman–Crippen LogP) is 2.56. The third-order valence-electron chi connectivity index (χ3n) is 1.97. The van der Waals surface area contributed by atoms with Crippen LogP contribution >= 0.6 is 11.6 Å². The highest BCUT2D eigenvalue weighted by molar-refractivity contribution is 6.30. The SMILES string of the molecule is [O-]c1ccccc1C=Nc1ccc(Cl)cn1. The fourth-order valence-corrected chi connectivity index (χ4v) is 1.28. The Balaban J connectivity index is 2.21. The monoisotopic (exact) mass is 231 g/mol. The number of halogens is 1. The van der Waals surface area contributed by atoms with Crippen molar-refractivity contribution in [1.29, 1.82) is 0 Å². The molecule has 0 saturated carbocycles. The molecule has 2 aromatic rings. The Morgan fingerprint density at radius 2 is 2.00 bits per heavy atom. The molecule has 0 fully saturated rings. The minimum absolute atomic E-state index is 0.0554. The molecule has 4 heteroatoms. The second-order valence-electron chi connectivity index (χ2n) is 3.13. The highest BCUT2D eigenvalue weighted by Crippen LogP contribution is 2.14. The first-order chi connectivity index (χ1) is 7.75. The fourth-order valence-electron chi connectivity index (χ4n) is 1.17. The summed E-state index contributed by atoms with van der Waals surface area (Å²) in [6.45, 7) is 0. The average molecular weight is 232 g/mol. The highest BCUT2D eigenvalue weighted by Gasteiger charge is 1.91. The molecule has 0 spiro atoms. The van der Waals surface area contributed by atoms with Gasteiger partial charge in [0.1, 0.15) is 0 Å². The molecule has 0 aliphatic carbocycles. The van der Waals surface area contributed by atoms with Crippen LogP contribution in [0.2, 0.25) is 5.02 Å². The normalized spacial score (nSPS) is 10.8. The third kappa shape index (κ3) is 2.58. The molecule has 80 valence electrons. The Kier molecular flexibility index (Phi) is 3.17. The molecule has 0 N–H and O–H groups in total. The number of nitrogens with zero attached hydrogens (tertiary/aromatic N) is 2. The second kappa shape index (κ2) is 4.77. The van der Waals surface area contributed by atoms with Gasteiger partial charge in [-0.15, -0.1) is 5.75 Å². The van der Waals surface area contributed by atoms with E-state index in [4.69, 9.17) is 11.6 Å². The predicted molar refractivity (Wildman–Crippen MR) is 62.4 cm³/mol. The summed E-state index contributed by atoms with van der Waals surface area (Å²) in [6, 6.07) is 10.1. The number of benzene rings is 1. The summed E-state index contributed by atoms with van der Waals surface area (Å²) in [4.78, 5) is 8.07. The van der Waals surface area contributed by atoms with Crippen LogP contribution in [0.4, 0.5) is 5.82 Å². The molecule has 0 radical (unpaired) electrons. The van der Waals surface area contributed by atoms with Crippen LogP contribution in [-0.2, 0) is 0 Å². The molecule has 0 unspecified atom stereocenters. The van der Waals surface area contributed by atoms with Crippen molar-refractivity contribution in [1.82, 2.24) is 4.98 Å². The van der Waals surface area contributed by atoms with Gasteiger partial charge in [-0.25, -0.2) is 9.98 Å². The zero-order valence-corrected chi connectivity index (χ0v) is 9.06. The number of hydrogen-bond donors (Lipinski definition) is 0. The van der Waals surface area contributed by atoms with Gasteiger partial charge in [0.15, 0.2) is 5.82 Å². The zero-order valence-electron chi connectivity index (χ0n) is 8.30. The van der Waals surface area contributed by atoms with E-state index in [2.05, 4.69) is 9.98 Å². The van der Waals surface area contributed by atoms with Gasteiger partial charge in [-0.05, 0) is 17.7 Å². The van der Waals surface area contributed by atoms with E-state index in [1.807, 2.05) is 0 Å². The third-order valence-corrected chi connectivity index (χ3v) is 2.19. The van der Waals surface area contributed by atoms with Crippen LogP contribution < -0.4 is 5.11 Å². The largest absolute Gasteiger partial charge is 0.872 e. The van der Waals surface area contributed by atoms with Crippen LogP contribution in [0.5, 0.6) is 5.75 Å². The Hall–Kier alpha value is -1.87. The summed E-state index contributed by atoms with van der Waals surface area (Å²) in [5.74, 6) is 0.466. The molecule has 1 aromatic heterocycles. The second-order valence-corrected chi connectivity index (χ2v) is 3.57. The van der Waals surface area contributed by atoms with E-state index >= 15 is 0 Å². The first-order valence-corrected chi connectivity index (χ1v) is 5.05. The van der Waals surface area contributed by atoms with Gasteiger partial charge in [0.25, 0.3) is 0 Å². The number of para-hydroxylation sites is 1. The molecule has 16 heavy (non-hydrogen) atoms. The maximum Gasteiger partial charge on any atom is 0.151 e. The van der Waals surface area contributed by atoms with Crippen molar-refractivity contribution in [2.24, 2.45) is 4.99 Å². The van der Waals surface area contributed by atoms with Crippen molar-refractivity contribution in [3.05, 3.63) is 53.2 Å². The van der Waals surface area contributed by atoms with Crippen molar-refractivity contribution in [2.45, 2.75) is 0 Å². The van der Waals surface area contributed by atoms with Crippen LogP contribution in [-0.4, -0.2) is 11.2 Å². The van der Waals surface area contributed by atoms with Gasteiger partial charge in [-0.1, -0.05) is 35.9 Å². The molecule has 0 aliphatic rings. The lowest BCUT2D eigenvalue weighted by Crippen LogP contribution is -1.94. The summed E-state index contributed by atoms with van der Waals surface area (Å²) in [6.07, 6.45) is 3.01. The number of aliphatic imine (C=N–C) groups is 1. The quantitative estimate of drug-likeness (QED) is 0.746. The van der Waals surface area contributed by atoms with Gasteiger partial charge in [0, 0.05) is 12.4 Å². The van der Waals surface area contributed by atoms with Crippen LogP contribution in [0.15, 0.2) is 47.6 Å². The first kappa shape index (κ1) is 10.6. The summed E-state index contributed by atoms with van der Waals surface area (Å²) in [5.41, 5.74) is 0.541. The molecule has 0 saturated heterocycles. The summed E-state index contributed by atoms with van der Waals surface area (Å²) in [7, 11) is 0. The maximum atomic E-state index is 11.4. The Morgan fingerprint density at radius 1 is 1.19 bits per heavy atom. The van der Waals surface area contributed by atoms with Gasteiger partial charge in [0.2, 0.25) is 0 Å². The van der Waals surface area contributed by atoms with Crippen LogP contribution in [0.3, 0.4) is 0 Å². The lowest BCUT2D eigenvalue weighted by molar-refractivity contribution is -0.268. The molecule has 2 rings (SSSR count). The lowest BCUT2D eigenvalue weighted by Gasteiger charge is -2.07. The van der Waals surface area contributed by atoms with E-state index < -0.39 is 0 Å². The van der Waals surface area contributed by atoms with Gasteiger partial charge in [-0.2, -0.15) is 0 Å². The summed E-state index contributed by atoms with van der Waals surface area (Å²) in [5, 5.41) is 11.9. The minimum Gasteiger partial charge on any atom is -0.872 e. The van der Waals surface area contributed by atoms with E-state index in [1.165, 1.54) is 18.5 Å². The standard InChI is InChI=1S/C12H9ClN2O/c13-10-5-6-12(15-8-10)14-7-9-3-1-2-4-11(9)16/h1-8,16H/p-1. The summed E-state index contributed by atoms with van der Waals surface area (Å²) >= 11 is 5.69. The average Bonchev–Trinajstić information content (AvgIpc) is 2.30. The Morgan fingerprint density at radius 3 is 2.69 bits per heavy atom. The number of hydrogen-bond acceptors (Lipinski definition) is 3. The smallest absolute Gasteiger partial charge is 0.151 e. The van der Waals surface area contributed by atoms with E-state index in [0.717, 1.165) is 0 Å². The number of pyridine rings is 1. The van der Waals surface area contributed by atoms with Crippen LogP contribution in [0.25, 0.3) is 0 Å². The number of aromatic nitrogens is 1. The minimum atomic E-state index is -0.0554. The van der Waals surface area contributed by atoms with E-state index in [-0.39, 0.29) is 5.75 Å². The van der Waals surface area contributed by atoms with Gasteiger partial charge < -0.3 is 5.11 Å². The lowest BCUT2D eigenvalue weighted by atomic mass is 10.2. The number of rotatable bonds is 2. The van der Waals surface area contributed by atoms with Crippen molar-refractivity contribution in [2.75, 3.05) is 0 Å². The molecule has 0 aliphatic heterocycles. The highest BCUT2D eigenvalue weighted by atomic mass is 35.5. The van der Waals surface area contributed by atoms with Crippen LogP contribution in [0.1, 0.15) is 5.56 Å². The van der Waals surface area contributed by atoms with E-state index in [1.54, 1.807) is 30.3 Å². The van der Waals surface area contributed by atoms with Crippen LogP contribution in [0, 0.1) is 0 Å². The fraction of sp³-hybridized carbons (Fsp3) is 0. The van der Waals surface area contributed by atoms with Crippen molar-refractivity contribution >= 4 is 23.6 Å². The molecule has 0 atom stereocenters. The molecule has 0 amide bonds. The first-order valence-electron chi connectivity index (χ1n) is 4.67. The Labute approximate surface area is 98.1 Å². The van der Waals surface area contributed by atoms with Crippen molar-refractivity contribution in [3.63, 3.8) is 0 Å². The van der Waals surface area contributed by atoms with Gasteiger partial charge in [0.05, 0.1) is 5.02 Å². The molecule has 1 aromatic carbocycles. The van der Waals surface area contributed by atoms with E-state index in [0.29, 0.717) is 16.4 Å². The van der Waals surface area contributed by atoms with Gasteiger partial charge >= 0.3 is 0 Å². The molecular weight excluding hydrogens is 224 g/mol. The topological polar surface area (TPSA) is 48.3 Å². The molecule has 0 bridgehead atoms. The van der Waals surface area contributed by atoms with Crippen molar-refractivity contribution < 1.29 is 5.11 Å². The van der Waals surface area contributed by atoms with E-state index in [9.17, 15) is 5.11 Å². The summed E-state index contributed by atoms with van der Waals surface area (Å²) < 4.78 is 0. The molecule has 1 heterocycles. The van der Waals surface area contributed by atoms with Gasteiger partial charge in [-0.3, -0.25) is 0 Å². The maximum absolute atomic E-state index is 11.4. The van der Waals surface area contributed by atoms with Crippen molar-refractivity contribution in [3.8, 4) is 5.75 Å². The zero-order chi connectivity index (χ0) is 11.4. The molecule has 3 nitrogen and oxygen atoms in total. The molecular formula is C12H8ClN2O-.